The predicted molar refractivity (Wildman–Crippen MR) is 202 cm³/mol. The molecule has 4 aliphatic heterocycles. The number of benzene rings is 2. The highest BCUT2D eigenvalue weighted by molar-refractivity contribution is 6.20. The highest BCUT2D eigenvalue weighted by atomic mass is 35.5. The molecule has 6 heterocycles. The van der Waals surface area contributed by atoms with E-state index in [-0.39, 0.29) is 36.6 Å². The van der Waals surface area contributed by atoms with E-state index in [1.165, 1.54) is 41.4 Å². The minimum absolute atomic E-state index is 0.00602. The number of fused-ring (bicyclic) bond motifs is 1. The second-order valence-electron chi connectivity index (χ2n) is 14.6. The Morgan fingerprint density at radius 1 is 0.982 bits per heavy atom. The SMILES string of the molecule is O=C1CCC(N2Cc3cc(CN4CCC(N5CCN(c6ncc(C(=O)Nc7ccc(OC(F)(F)Cl)cc7)cc6-c6ccn[nH]6)CC5)CC4)cc(F)c3C2=O)C(=O)N1. The molecule has 4 aliphatic rings. The van der Waals surface area contributed by atoms with Gasteiger partial charge in [0.25, 0.3) is 11.8 Å². The second kappa shape index (κ2) is 15.8. The molecule has 3 saturated heterocycles. The normalized spacial score (nSPS) is 19.8. The largest absolute Gasteiger partial charge is 0.487 e. The summed E-state index contributed by atoms with van der Waals surface area (Å²) in [6.07, 6.45) is 5.40. The maximum absolute atomic E-state index is 15.3. The monoisotopic (exact) mass is 805 g/mol. The number of aromatic nitrogens is 3. The summed E-state index contributed by atoms with van der Waals surface area (Å²) in [5, 5.41) is 12.1. The van der Waals surface area contributed by atoms with E-state index in [0.29, 0.717) is 40.7 Å². The number of rotatable bonds is 10. The molecule has 0 bridgehead atoms. The molecule has 1 unspecified atom stereocenters. The summed E-state index contributed by atoms with van der Waals surface area (Å²) in [4.78, 5) is 63.4. The standard InChI is InChI=1S/C39H39ClF3N9O5/c40-39(42,43)57-28-3-1-26(2-4-28)46-36(54)24-19-29(31-7-10-45-48-31)35(44-20-24)51-15-13-50(14-16-51)27-8-11-49(12-9-27)21-23-17-25-22-52(38(56)34(25)30(41)18-23)32-5-6-33(53)47-37(32)55/h1-4,7,10,17-20,27,32H,5-6,8-9,11-16,21-22H2,(H,45,48)(H,46,54)(H,47,53,55). The van der Waals surface area contributed by atoms with Crippen LogP contribution in [0.5, 0.6) is 5.75 Å². The molecule has 298 valence electrons. The maximum Gasteiger partial charge on any atom is 0.487 e. The summed E-state index contributed by atoms with van der Waals surface area (Å²) in [6, 6.07) is 11.8. The van der Waals surface area contributed by atoms with Gasteiger partial charge >= 0.3 is 5.57 Å². The van der Waals surface area contributed by atoms with Gasteiger partial charge in [0.05, 0.1) is 16.8 Å². The van der Waals surface area contributed by atoms with Crippen LogP contribution in [-0.2, 0) is 22.7 Å². The van der Waals surface area contributed by atoms with Gasteiger partial charge in [-0.25, -0.2) is 9.37 Å². The fourth-order valence-corrected chi connectivity index (χ4v) is 8.28. The van der Waals surface area contributed by atoms with Crippen LogP contribution in [0.3, 0.4) is 0 Å². The molecule has 0 spiro atoms. The summed E-state index contributed by atoms with van der Waals surface area (Å²) in [5.74, 6) is -1.86. The lowest BCUT2D eigenvalue weighted by Gasteiger charge is -2.43. The number of piperidine rings is 2. The van der Waals surface area contributed by atoms with Crippen LogP contribution in [-0.4, -0.2) is 110 Å². The van der Waals surface area contributed by atoms with Gasteiger partial charge in [-0.2, -0.15) is 5.10 Å². The molecule has 2 aromatic heterocycles. The van der Waals surface area contributed by atoms with Crippen molar-refractivity contribution in [3.05, 3.63) is 89.0 Å². The first-order valence-electron chi connectivity index (χ1n) is 18.7. The van der Waals surface area contributed by atoms with E-state index in [4.69, 9.17) is 16.6 Å². The molecule has 0 radical (unpaired) electrons. The molecule has 8 rings (SSSR count). The van der Waals surface area contributed by atoms with Gasteiger partial charge < -0.3 is 19.9 Å². The zero-order valence-corrected chi connectivity index (χ0v) is 31.4. The average Bonchev–Trinajstić information content (AvgIpc) is 3.84. The minimum Gasteiger partial charge on any atom is -0.420 e. The number of hydrogen-bond donors (Lipinski definition) is 3. The number of imide groups is 1. The predicted octanol–water partition coefficient (Wildman–Crippen LogP) is 4.58. The molecular formula is C39H39ClF3N9O5. The number of ether oxygens (including phenoxy) is 1. The minimum atomic E-state index is -3.85. The van der Waals surface area contributed by atoms with Crippen molar-refractivity contribution in [2.75, 3.05) is 49.5 Å². The number of pyridine rings is 1. The topological polar surface area (TPSA) is 156 Å². The molecule has 4 aromatic rings. The third-order valence-corrected chi connectivity index (χ3v) is 11.1. The molecule has 18 heteroatoms. The maximum atomic E-state index is 15.3. The molecule has 3 N–H and O–H groups in total. The Hall–Kier alpha value is -5.52. The Labute approximate surface area is 330 Å². The number of aromatic amines is 1. The lowest BCUT2D eigenvalue weighted by molar-refractivity contribution is -0.136. The van der Waals surface area contributed by atoms with Gasteiger partial charge in [-0.3, -0.25) is 39.4 Å². The van der Waals surface area contributed by atoms with E-state index in [0.717, 1.165) is 63.5 Å². The molecule has 0 saturated carbocycles. The zero-order chi connectivity index (χ0) is 39.8. The average molecular weight is 806 g/mol. The van der Waals surface area contributed by atoms with E-state index in [9.17, 15) is 28.0 Å². The van der Waals surface area contributed by atoms with Crippen LogP contribution in [0, 0.1) is 5.82 Å². The summed E-state index contributed by atoms with van der Waals surface area (Å²) >= 11 is 4.83. The number of alkyl halides is 3. The second-order valence-corrected chi connectivity index (χ2v) is 15.1. The Morgan fingerprint density at radius 3 is 2.42 bits per heavy atom. The van der Waals surface area contributed by atoms with Crippen molar-refractivity contribution in [3.63, 3.8) is 0 Å². The van der Waals surface area contributed by atoms with Gasteiger partial charge in [0.2, 0.25) is 11.8 Å². The third kappa shape index (κ3) is 8.45. The van der Waals surface area contributed by atoms with E-state index in [1.54, 1.807) is 12.3 Å². The van der Waals surface area contributed by atoms with Gasteiger partial charge in [0.15, 0.2) is 0 Å². The van der Waals surface area contributed by atoms with Crippen LogP contribution >= 0.6 is 11.6 Å². The highest BCUT2D eigenvalue weighted by Gasteiger charge is 2.41. The van der Waals surface area contributed by atoms with E-state index in [1.807, 2.05) is 12.1 Å². The molecule has 1 atom stereocenters. The van der Waals surface area contributed by atoms with Crippen LogP contribution in [0.15, 0.2) is 60.9 Å². The van der Waals surface area contributed by atoms with Crippen molar-refractivity contribution in [2.24, 2.45) is 0 Å². The van der Waals surface area contributed by atoms with Crippen molar-refractivity contribution in [1.82, 2.24) is 35.2 Å². The van der Waals surface area contributed by atoms with Crippen molar-refractivity contribution in [2.45, 2.75) is 56.4 Å². The lowest BCUT2D eigenvalue weighted by atomic mass is 10.00. The van der Waals surface area contributed by atoms with Gasteiger partial charge in [-0.05, 0) is 85.9 Å². The number of likely N-dealkylation sites (tertiary alicyclic amines) is 1. The number of carbonyl (C=O) groups excluding carboxylic acids is 4. The first kappa shape index (κ1) is 38.4. The van der Waals surface area contributed by atoms with Crippen LogP contribution in [0.25, 0.3) is 11.3 Å². The number of H-pyrrole nitrogens is 1. The molecular weight excluding hydrogens is 767 g/mol. The quantitative estimate of drug-likeness (QED) is 0.153. The van der Waals surface area contributed by atoms with Gasteiger partial charge in [0, 0.05) is 87.0 Å². The molecule has 3 fully saturated rings. The summed E-state index contributed by atoms with van der Waals surface area (Å²) < 4.78 is 45.6. The number of nitrogens with one attached hydrogen (secondary N) is 3. The van der Waals surface area contributed by atoms with Crippen molar-refractivity contribution in [3.8, 4) is 17.0 Å². The Bertz CT molecular complexity index is 2170. The van der Waals surface area contributed by atoms with E-state index < -0.39 is 35.1 Å². The molecule has 2 aromatic carbocycles. The van der Waals surface area contributed by atoms with Crippen LogP contribution < -0.4 is 20.3 Å². The number of carbonyl (C=O) groups is 4. The van der Waals surface area contributed by atoms with Crippen LogP contribution in [0.2, 0.25) is 0 Å². The van der Waals surface area contributed by atoms with Crippen LogP contribution in [0.1, 0.15) is 57.5 Å². The first-order valence-corrected chi connectivity index (χ1v) is 19.1. The summed E-state index contributed by atoms with van der Waals surface area (Å²) in [6.45, 7) is 5.43. The molecule has 57 heavy (non-hydrogen) atoms. The Kier molecular flexibility index (Phi) is 10.6. The number of halogens is 4. The van der Waals surface area contributed by atoms with Crippen LogP contribution in [0.4, 0.5) is 24.7 Å². The first-order chi connectivity index (χ1) is 27.4. The van der Waals surface area contributed by atoms with E-state index in [2.05, 4.69) is 40.3 Å². The van der Waals surface area contributed by atoms with E-state index >= 15 is 4.39 Å². The number of anilines is 2. The number of hydrogen-bond acceptors (Lipinski definition) is 10. The fraction of sp³-hybridized carbons (Fsp3) is 0.385. The number of piperazine rings is 1. The fourth-order valence-electron chi connectivity index (χ4n) is 8.19. The number of nitrogens with zero attached hydrogens (tertiary/aromatic N) is 6. The lowest BCUT2D eigenvalue weighted by Crippen LogP contribution is -2.53. The summed E-state index contributed by atoms with van der Waals surface area (Å²) in [7, 11) is 0. The molecule has 0 aliphatic carbocycles. The Balaban J connectivity index is 0.853. The Morgan fingerprint density at radius 2 is 1.74 bits per heavy atom. The highest BCUT2D eigenvalue weighted by Crippen LogP contribution is 2.33. The number of amides is 4. The zero-order valence-electron chi connectivity index (χ0n) is 30.6. The third-order valence-electron chi connectivity index (χ3n) is 11.0. The molecule has 14 nitrogen and oxygen atoms in total. The van der Waals surface area contributed by atoms with Gasteiger partial charge in [0.1, 0.15) is 23.4 Å². The van der Waals surface area contributed by atoms with Crippen molar-refractivity contribution < 1.29 is 37.1 Å². The van der Waals surface area contributed by atoms with Crippen molar-refractivity contribution >= 4 is 46.7 Å². The van der Waals surface area contributed by atoms with Gasteiger partial charge in [-0.1, -0.05) is 6.07 Å². The van der Waals surface area contributed by atoms with Gasteiger partial charge in [-0.15, -0.1) is 8.78 Å². The smallest absolute Gasteiger partial charge is 0.420 e. The summed E-state index contributed by atoms with van der Waals surface area (Å²) in [5.41, 5.74) is -0.414. The molecule has 4 amide bonds. The van der Waals surface area contributed by atoms with Crippen molar-refractivity contribution in [1.29, 1.82) is 0 Å².